The van der Waals surface area contributed by atoms with Crippen molar-refractivity contribution in [2.45, 2.75) is 44.2 Å². The molecular formula is C16H21NO4. The van der Waals surface area contributed by atoms with Gasteiger partial charge in [0, 0.05) is 37.7 Å². The van der Waals surface area contributed by atoms with Crippen molar-refractivity contribution < 1.29 is 14.5 Å². The zero-order chi connectivity index (χ0) is 15.5. The van der Waals surface area contributed by atoms with Crippen molar-refractivity contribution >= 4 is 5.78 Å². The number of methoxy groups -OCH3 is 1. The average molecular weight is 291 g/mol. The zero-order valence-corrected chi connectivity index (χ0v) is 12.5. The van der Waals surface area contributed by atoms with E-state index in [4.69, 9.17) is 4.74 Å². The molecule has 2 rings (SSSR count). The molecule has 3 unspecified atom stereocenters. The molecule has 5 nitrogen and oxygen atoms in total. The van der Waals surface area contributed by atoms with E-state index in [9.17, 15) is 14.9 Å². The van der Waals surface area contributed by atoms with Gasteiger partial charge in [0.05, 0.1) is 0 Å². The smallest absolute Gasteiger partial charge is 0.248 e. The van der Waals surface area contributed by atoms with Crippen LogP contribution in [0.1, 0.15) is 31.7 Å². The molecule has 1 aromatic carbocycles. The van der Waals surface area contributed by atoms with Crippen LogP contribution < -0.4 is 0 Å². The summed E-state index contributed by atoms with van der Waals surface area (Å²) in [6.45, 7) is 1.61. The maximum absolute atomic E-state index is 11.9. The lowest BCUT2D eigenvalue weighted by Gasteiger charge is -2.38. The summed E-state index contributed by atoms with van der Waals surface area (Å²) in [6, 6.07) is 9.84. The van der Waals surface area contributed by atoms with E-state index >= 15 is 0 Å². The summed E-state index contributed by atoms with van der Waals surface area (Å²) in [5, 5.41) is 11.6. The fourth-order valence-corrected chi connectivity index (χ4v) is 3.21. The molecule has 1 fully saturated rings. The van der Waals surface area contributed by atoms with Crippen LogP contribution in [0, 0.1) is 16.0 Å². The number of nitrogens with zero attached hydrogens (tertiary/aromatic N) is 1. The lowest BCUT2D eigenvalue weighted by Crippen LogP contribution is -2.57. The first-order valence-electron chi connectivity index (χ1n) is 7.21. The largest absolute Gasteiger partial charge is 0.374 e. The Hall–Kier alpha value is -1.75. The highest BCUT2D eigenvalue weighted by Gasteiger charge is 2.56. The third-order valence-electron chi connectivity index (χ3n) is 4.67. The maximum atomic E-state index is 11.9. The summed E-state index contributed by atoms with van der Waals surface area (Å²) in [7, 11) is 1.44. The van der Waals surface area contributed by atoms with Gasteiger partial charge in [0.1, 0.15) is 11.9 Å². The average Bonchev–Trinajstić information content (AvgIpc) is 2.48. The Morgan fingerprint density at radius 2 is 2.00 bits per heavy atom. The van der Waals surface area contributed by atoms with Crippen molar-refractivity contribution in [1.29, 1.82) is 0 Å². The number of hydrogen-bond acceptors (Lipinski definition) is 4. The maximum Gasteiger partial charge on any atom is 0.248 e. The Labute approximate surface area is 124 Å². The molecule has 114 valence electrons. The van der Waals surface area contributed by atoms with Crippen LogP contribution in [0.2, 0.25) is 0 Å². The van der Waals surface area contributed by atoms with Crippen LogP contribution in [0.4, 0.5) is 0 Å². The summed E-state index contributed by atoms with van der Waals surface area (Å²) in [4.78, 5) is 23.2. The molecular weight excluding hydrogens is 270 g/mol. The molecule has 5 heteroatoms. The second kappa shape index (κ2) is 6.35. The summed E-state index contributed by atoms with van der Waals surface area (Å²) in [5.41, 5.74) is -0.0626. The highest BCUT2D eigenvalue weighted by atomic mass is 16.6. The van der Waals surface area contributed by atoms with Gasteiger partial charge < -0.3 is 4.74 Å². The monoisotopic (exact) mass is 291 g/mol. The molecule has 0 aliphatic heterocycles. The number of aryl methyl sites for hydroxylation is 1. The summed E-state index contributed by atoms with van der Waals surface area (Å²) >= 11 is 0. The standard InChI is InChI=1S/C16H21NO4/c1-16(17(19)20)13(10-14(18)11-15(16)21-2)9-8-12-6-4-3-5-7-12/h3-7,13,15H,8-11H2,1-2H3. The van der Waals surface area contributed by atoms with Gasteiger partial charge >= 0.3 is 0 Å². The predicted octanol–water partition coefficient (Wildman–Crippen LogP) is 2.65. The Balaban J connectivity index is 2.17. The molecule has 1 aliphatic rings. The van der Waals surface area contributed by atoms with Crippen molar-refractivity contribution in [2.24, 2.45) is 5.92 Å². The highest BCUT2D eigenvalue weighted by Crippen LogP contribution is 2.39. The molecule has 1 aliphatic carbocycles. The molecule has 0 amide bonds. The van der Waals surface area contributed by atoms with E-state index in [1.807, 2.05) is 30.3 Å². The number of rotatable bonds is 5. The van der Waals surface area contributed by atoms with Crippen LogP contribution in [0.3, 0.4) is 0 Å². The Morgan fingerprint density at radius 3 is 2.57 bits per heavy atom. The lowest BCUT2D eigenvalue weighted by molar-refractivity contribution is -0.591. The predicted molar refractivity (Wildman–Crippen MR) is 78.7 cm³/mol. The van der Waals surface area contributed by atoms with Gasteiger partial charge in [-0.25, -0.2) is 0 Å². The van der Waals surface area contributed by atoms with Crippen LogP contribution in [0.15, 0.2) is 30.3 Å². The fourth-order valence-electron chi connectivity index (χ4n) is 3.21. The first-order chi connectivity index (χ1) is 9.98. The molecule has 1 saturated carbocycles. The summed E-state index contributed by atoms with van der Waals surface area (Å²) < 4.78 is 5.26. The van der Waals surface area contributed by atoms with Crippen molar-refractivity contribution in [2.75, 3.05) is 7.11 Å². The first-order valence-corrected chi connectivity index (χ1v) is 7.21. The zero-order valence-electron chi connectivity index (χ0n) is 12.5. The van der Waals surface area contributed by atoms with Crippen LogP contribution in [0.25, 0.3) is 0 Å². The molecule has 0 saturated heterocycles. The lowest BCUT2D eigenvalue weighted by atomic mass is 9.69. The molecule has 0 bridgehead atoms. The van der Waals surface area contributed by atoms with Gasteiger partial charge in [0.25, 0.3) is 0 Å². The molecule has 0 aromatic heterocycles. The summed E-state index contributed by atoms with van der Waals surface area (Å²) in [6.07, 6.45) is 1.11. The Morgan fingerprint density at radius 1 is 1.33 bits per heavy atom. The highest BCUT2D eigenvalue weighted by molar-refractivity contribution is 5.80. The van der Waals surface area contributed by atoms with Crippen LogP contribution >= 0.6 is 0 Å². The van der Waals surface area contributed by atoms with Crippen molar-refractivity contribution in [3.63, 3.8) is 0 Å². The topological polar surface area (TPSA) is 69.4 Å². The number of ketones is 1. The summed E-state index contributed by atoms with van der Waals surface area (Å²) in [5.74, 6) is -0.238. The number of ether oxygens (including phenoxy) is 1. The number of Topliss-reactive ketones (excluding diaryl/α,β-unsaturated/α-hetero) is 1. The van der Waals surface area contributed by atoms with E-state index in [1.165, 1.54) is 7.11 Å². The normalized spacial score (nSPS) is 29.3. The molecule has 0 radical (unpaired) electrons. The van der Waals surface area contributed by atoms with E-state index in [0.29, 0.717) is 6.42 Å². The van der Waals surface area contributed by atoms with Crippen molar-refractivity contribution in [1.82, 2.24) is 0 Å². The SMILES string of the molecule is COC1CC(=O)CC(CCc2ccccc2)C1(C)[N+](=O)[O-]. The number of nitro groups is 1. The fraction of sp³-hybridized carbons (Fsp3) is 0.562. The quantitative estimate of drug-likeness (QED) is 0.617. The van der Waals surface area contributed by atoms with Gasteiger partial charge in [0.2, 0.25) is 5.54 Å². The van der Waals surface area contributed by atoms with Gasteiger partial charge in [-0.2, -0.15) is 0 Å². The van der Waals surface area contributed by atoms with E-state index in [2.05, 4.69) is 0 Å². The van der Waals surface area contributed by atoms with Gasteiger partial charge in [-0.1, -0.05) is 30.3 Å². The third kappa shape index (κ3) is 3.13. The number of hydrogen-bond donors (Lipinski definition) is 0. The molecule has 21 heavy (non-hydrogen) atoms. The van der Waals surface area contributed by atoms with E-state index in [-0.39, 0.29) is 29.5 Å². The van der Waals surface area contributed by atoms with Gasteiger partial charge in [0.15, 0.2) is 0 Å². The van der Waals surface area contributed by atoms with Crippen LogP contribution in [0.5, 0.6) is 0 Å². The first kappa shape index (κ1) is 15.6. The second-order valence-corrected chi connectivity index (χ2v) is 5.88. The Bertz CT molecular complexity index is 516. The molecule has 0 spiro atoms. The minimum atomic E-state index is -1.20. The minimum Gasteiger partial charge on any atom is -0.374 e. The number of carbonyl (C=O) groups is 1. The van der Waals surface area contributed by atoms with E-state index < -0.39 is 11.6 Å². The van der Waals surface area contributed by atoms with Crippen molar-refractivity contribution in [3.8, 4) is 0 Å². The Kier molecular flexibility index (Phi) is 4.73. The van der Waals surface area contributed by atoms with Gasteiger partial charge in [-0.15, -0.1) is 0 Å². The number of benzene rings is 1. The van der Waals surface area contributed by atoms with Gasteiger partial charge in [-0.3, -0.25) is 14.9 Å². The van der Waals surface area contributed by atoms with E-state index in [0.717, 1.165) is 12.0 Å². The second-order valence-electron chi connectivity index (χ2n) is 5.88. The van der Waals surface area contributed by atoms with Gasteiger partial charge in [-0.05, 0) is 18.4 Å². The number of carbonyl (C=O) groups excluding carboxylic acids is 1. The molecule has 1 aromatic rings. The molecule has 3 atom stereocenters. The van der Waals surface area contributed by atoms with Crippen LogP contribution in [-0.4, -0.2) is 29.5 Å². The minimum absolute atomic E-state index is 0.0548. The van der Waals surface area contributed by atoms with Crippen molar-refractivity contribution in [3.05, 3.63) is 46.0 Å². The molecule has 0 N–H and O–H groups in total. The molecule has 0 heterocycles. The third-order valence-corrected chi connectivity index (χ3v) is 4.67. The van der Waals surface area contributed by atoms with E-state index in [1.54, 1.807) is 6.92 Å². The van der Waals surface area contributed by atoms with Crippen LogP contribution in [-0.2, 0) is 16.0 Å².